The Bertz CT molecular complexity index is 374. The number of nitrogens with zero attached hydrogens (tertiary/aromatic N) is 1. The van der Waals surface area contributed by atoms with Gasteiger partial charge in [-0.2, -0.15) is 0 Å². The smallest absolute Gasteiger partial charge is 0.0599 e. The summed E-state index contributed by atoms with van der Waals surface area (Å²) in [4.78, 5) is 2.55. The zero-order valence-corrected chi connectivity index (χ0v) is 12.8. The van der Waals surface area contributed by atoms with E-state index in [4.69, 9.17) is 10.5 Å². The van der Waals surface area contributed by atoms with Crippen LogP contribution in [0.5, 0.6) is 0 Å². The lowest BCUT2D eigenvalue weighted by Gasteiger charge is -2.39. The van der Waals surface area contributed by atoms with Gasteiger partial charge in [-0.15, -0.1) is 0 Å². The third kappa shape index (κ3) is 3.81. The molecule has 1 aromatic carbocycles. The number of benzene rings is 1. The summed E-state index contributed by atoms with van der Waals surface area (Å²) in [6, 6.07) is 11.0. The molecule has 0 aliphatic carbocycles. The maximum atomic E-state index is 6.50. The zero-order valence-electron chi connectivity index (χ0n) is 12.8. The van der Waals surface area contributed by atoms with E-state index in [0.29, 0.717) is 12.1 Å². The molecule has 2 rings (SSSR count). The van der Waals surface area contributed by atoms with Crippen LogP contribution in [0, 0.1) is 0 Å². The van der Waals surface area contributed by atoms with Gasteiger partial charge in [0.15, 0.2) is 0 Å². The summed E-state index contributed by atoms with van der Waals surface area (Å²) in [7, 11) is 0. The minimum atomic E-state index is 0.102. The highest BCUT2D eigenvalue weighted by atomic mass is 16.5. The highest BCUT2D eigenvalue weighted by Crippen LogP contribution is 2.25. The second kappa shape index (κ2) is 7.77. The number of ether oxygens (including phenoxy) is 1. The van der Waals surface area contributed by atoms with E-state index in [0.717, 1.165) is 39.0 Å². The Balaban J connectivity index is 1.95. The van der Waals surface area contributed by atoms with Crippen LogP contribution in [0.2, 0.25) is 0 Å². The molecule has 3 nitrogen and oxygen atoms in total. The predicted octanol–water partition coefficient (Wildman–Crippen LogP) is 2.97. The Labute approximate surface area is 123 Å². The van der Waals surface area contributed by atoms with Crippen LogP contribution in [0.15, 0.2) is 30.3 Å². The first-order valence-electron chi connectivity index (χ1n) is 7.92. The van der Waals surface area contributed by atoms with Crippen LogP contribution >= 0.6 is 0 Å². The molecule has 2 atom stereocenters. The predicted molar refractivity (Wildman–Crippen MR) is 83.7 cm³/mol. The van der Waals surface area contributed by atoms with Gasteiger partial charge in [0.25, 0.3) is 0 Å². The minimum Gasteiger partial charge on any atom is -0.378 e. The molecule has 1 aliphatic heterocycles. The third-order valence-electron chi connectivity index (χ3n) is 4.37. The topological polar surface area (TPSA) is 38.5 Å². The molecule has 1 heterocycles. The third-order valence-corrected chi connectivity index (χ3v) is 4.37. The van der Waals surface area contributed by atoms with E-state index in [9.17, 15) is 0 Å². The summed E-state index contributed by atoms with van der Waals surface area (Å²) >= 11 is 0. The van der Waals surface area contributed by atoms with Crippen molar-refractivity contribution in [1.29, 1.82) is 0 Å². The lowest BCUT2D eigenvalue weighted by Crippen LogP contribution is -2.47. The fourth-order valence-electron chi connectivity index (χ4n) is 3.25. The summed E-state index contributed by atoms with van der Waals surface area (Å²) in [5.74, 6) is 0. The largest absolute Gasteiger partial charge is 0.378 e. The summed E-state index contributed by atoms with van der Waals surface area (Å²) in [6.07, 6.45) is 3.80. The van der Waals surface area contributed by atoms with Crippen molar-refractivity contribution in [2.75, 3.05) is 19.7 Å². The molecular formula is C17H28N2O. The van der Waals surface area contributed by atoms with Gasteiger partial charge in [0.05, 0.1) is 6.10 Å². The van der Waals surface area contributed by atoms with Gasteiger partial charge in [-0.1, -0.05) is 37.3 Å². The molecule has 0 spiro atoms. The van der Waals surface area contributed by atoms with Crippen LogP contribution in [-0.2, 0) is 4.74 Å². The molecule has 0 radical (unpaired) electrons. The fraction of sp³-hybridized carbons (Fsp3) is 0.647. The zero-order chi connectivity index (χ0) is 14.4. The van der Waals surface area contributed by atoms with Crippen molar-refractivity contribution in [2.24, 2.45) is 5.73 Å². The number of hydrogen-bond donors (Lipinski definition) is 1. The molecule has 1 aromatic rings. The van der Waals surface area contributed by atoms with Crippen molar-refractivity contribution in [3.63, 3.8) is 0 Å². The van der Waals surface area contributed by atoms with Gasteiger partial charge < -0.3 is 10.5 Å². The molecule has 3 heteroatoms. The van der Waals surface area contributed by atoms with Crippen LogP contribution < -0.4 is 5.73 Å². The van der Waals surface area contributed by atoms with E-state index in [-0.39, 0.29) is 6.04 Å². The lowest BCUT2D eigenvalue weighted by atomic mass is 9.94. The normalized spacial score (nSPS) is 20.8. The average Bonchev–Trinajstić information content (AvgIpc) is 2.51. The molecule has 0 aromatic heterocycles. The summed E-state index contributed by atoms with van der Waals surface area (Å²) in [6.45, 7) is 7.34. The van der Waals surface area contributed by atoms with E-state index in [1.807, 2.05) is 6.07 Å². The molecule has 1 aliphatic rings. The van der Waals surface area contributed by atoms with Crippen LogP contribution in [-0.4, -0.2) is 36.7 Å². The minimum absolute atomic E-state index is 0.102. The van der Waals surface area contributed by atoms with Gasteiger partial charge in [-0.05, 0) is 31.7 Å². The summed E-state index contributed by atoms with van der Waals surface area (Å²) < 4.78 is 5.73. The van der Waals surface area contributed by atoms with E-state index in [1.165, 1.54) is 5.56 Å². The Morgan fingerprint density at radius 1 is 1.20 bits per heavy atom. The molecule has 0 amide bonds. The van der Waals surface area contributed by atoms with Crippen LogP contribution in [0.1, 0.15) is 44.7 Å². The standard InChI is InChI=1S/C17H28N2O/c1-3-16(17(18)14-8-6-5-7-9-14)19-12-10-15(11-13-19)20-4-2/h5-9,15-17H,3-4,10-13,18H2,1-2H3. The van der Waals surface area contributed by atoms with Gasteiger partial charge in [0, 0.05) is 31.8 Å². The first-order chi connectivity index (χ1) is 9.76. The van der Waals surface area contributed by atoms with E-state index < -0.39 is 0 Å². The monoisotopic (exact) mass is 276 g/mol. The van der Waals surface area contributed by atoms with Gasteiger partial charge in [-0.3, -0.25) is 4.90 Å². The number of piperidine rings is 1. The van der Waals surface area contributed by atoms with Crippen molar-refractivity contribution in [3.05, 3.63) is 35.9 Å². The molecule has 2 unspecified atom stereocenters. The highest BCUT2D eigenvalue weighted by Gasteiger charge is 2.28. The van der Waals surface area contributed by atoms with Crippen molar-refractivity contribution < 1.29 is 4.74 Å². The van der Waals surface area contributed by atoms with Gasteiger partial charge >= 0.3 is 0 Å². The average molecular weight is 276 g/mol. The molecular weight excluding hydrogens is 248 g/mol. The quantitative estimate of drug-likeness (QED) is 0.868. The Morgan fingerprint density at radius 2 is 1.85 bits per heavy atom. The number of likely N-dealkylation sites (tertiary alicyclic amines) is 1. The molecule has 2 N–H and O–H groups in total. The molecule has 0 bridgehead atoms. The van der Waals surface area contributed by atoms with Gasteiger partial charge in [0.2, 0.25) is 0 Å². The van der Waals surface area contributed by atoms with E-state index in [2.05, 4.69) is 43.0 Å². The van der Waals surface area contributed by atoms with E-state index >= 15 is 0 Å². The molecule has 1 fully saturated rings. The second-order valence-corrected chi connectivity index (χ2v) is 5.60. The second-order valence-electron chi connectivity index (χ2n) is 5.60. The highest BCUT2D eigenvalue weighted by molar-refractivity contribution is 5.20. The van der Waals surface area contributed by atoms with Crippen molar-refractivity contribution in [3.8, 4) is 0 Å². The van der Waals surface area contributed by atoms with E-state index in [1.54, 1.807) is 0 Å². The molecule has 20 heavy (non-hydrogen) atoms. The first-order valence-corrected chi connectivity index (χ1v) is 7.92. The number of nitrogens with two attached hydrogens (primary N) is 1. The SMILES string of the molecule is CCOC1CCN(C(CC)C(N)c2ccccc2)CC1. The maximum absolute atomic E-state index is 6.50. The molecule has 0 saturated carbocycles. The van der Waals surface area contributed by atoms with Crippen molar-refractivity contribution in [2.45, 2.75) is 51.3 Å². The maximum Gasteiger partial charge on any atom is 0.0599 e. The number of rotatable bonds is 6. The Kier molecular flexibility index (Phi) is 6.02. The van der Waals surface area contributed by atoms with Crippen molar-refractivity contribution in [1.82, 2.24) is 4.90 Å². The summed E-state index contributed by atoms with van der Waals surface area (Å²) in [5, 5.41) is 0. The Hall–Kier alpha value is -0.900. The number of hydrogen-bond acceptors (Lipinski definition) is 3. The van der Waals surface area contributed by atoms with Crippen LogP contribution in [0.3, 0.4) is 0 Å². The molecule has 1 saturated heterocycles. The Morgan fingerprint density at radius 3 is 2.40 bits per heavy atom. The van der Waals surface area contributed by atoms with Gasteiger partial charge in [-0.25, -0.2) is 0 Å². The van der Waals surface area contributed by atoms with Gasteiger partial charge in [0.1, 0.15) is 0 Å². The van der Waals surface area contributed by atoms with Crippen LogP contribution in [0.4, 0.5) is 0 Å². The van der Waals surface area contributed by atoms with Crippen molar-refractivity contribution >= 4 is 0 Å². The first kappa shape index (κ1) is 15.5. The molecule has 112 valence electrons. The van der Waals surface area contributed by atoms with Crippen LogP contribution in [0.25, 0.3) is 0 Å². The fourth-order valence-corrected chi connectivity index (χ4v) is 3.25. The summed E-state index contributed by atoms with van der Waals surface area (Å²) in [5.41, 5.74) is 7.74. The lowest BCUT2D eigenvalue weighted by molar-refractivity contribution is 0.000318.